The largest absolute Gasteiger partial charge is 0.497 e. The second kappa shape index (κ2) is 5.48. The number of hydrogen-bond donors (Lipinski definition) is 2. The van der Waals surface area contributed by atoms with Crippen molar-refractivity contribution in [1.82, 2.24) is 5.32 Å². The number of carbonyl (C=O) groups excluding carboxylic acids is 1. The second-order valence-corrected chi connectivity index (χ2v) is 4.76. The molecule has 0 radical (unpaired) electrons. The summed E-state index contributed by atoms with van der Waals surface area (Å²) >= 11 is 0. The smallest absolute Gasteiger partial charge is 0.228 e. The maximum absolute atomic E-state index is 12.0. The number of benzene rings is 1. The molecule has 19 heavy (non-hydrogen) atoms. The third-order valence-corrected chi connectivity index (χ3v) is 3.85. The van der Waals surface area contributed by atoms with E-state index in [1.165, 1.54) is 0 Å². The van der Waals surface area contributed by atoms with Gasteiger partial charge in [-0.1, -0.05) is 6.07 Å². The predicted molar refractivity (Wildman–Crippen MR) is 72.5 cm³/mol. The van der Waals surface area contributed by atoms with Crippen LogP contribution in [0.3, 0.4) is 0 Å². The van der Waals surface area contributed by atoms with Crippen LogP contribution < -0.4 is 20.5 Å². The zero-order valence-corrected chi connectivity index (χ0v) is 11.4. The number of ether oxygens (including phenoxy) is 2. The number of nitrogens with one attached hydrogen (secondary N) is 1. The van der Waals surface area contributed by atoms with Gasteiger partial charge in [0.2, 0.25) is 5.91 Å². The molecule has 1 saturated heterocycles. The van der Waals surface area contributed by atoms with Gasteiger partial charge in [-0.2, -0.15) is 0 Å². The molecule has 0 spiro atoms. The van der Waals surface area contributed by atoms with Crippen molar-refractivity contribution < 1.29 is 14.3 Å². The topological polar surface area (TPSA) is 73.6 Å². The molecule has 0 aromatic heterocycles. The van der Waals surface area contributed by atoms with E-state index >= 15 is 0 Å². The monoisotopic (exact) mass is 264 g/mol. The molecule has 5 nitrogen and oxygen atoms in total. The molecule has 1 aliphatic heterocycles. The van der Waals surface area contributed by atoms with Crippen molar-refractivity contribution in [2.75, 3.05) is 27.3 Å². The first-order chi connectivity index (χ1) is 9.14. The van der Waals surface area contributed by atoms with Gasteiger partial charge in [-0.05, 0) is 32.0 Å². The van der Waals surface area contributed by atoms with E-state index in [4.69, 9.17) is 15.2 Å². The average Bonchev–Trinajstić information content (AvgIpc) is 2.47. The lowest BCUT2D eigenvalue weighted by Gasteiger charge is -2.36. The molecule has 2 rings (SSSR count). The number of carbonyl (C=O) groups is 1. The van der Waals surface area contributed by atoms with Crippen molar-refractivity contribution in [3.8, 4) is 11.5 Å². The van der Waals surface area contributed by atoms with E-state index in [2.05, 4.69) is 5.32 Å². The molecule has 0 aliphatic carbocycles. The molecule has 0 unspecified atom stereocenters. The quantitative estimate of drug-likeness (QED) is 0.844. The van der Waals surface area contributed by atoms with E-state index in [0.717, 1.165) is 18.7 Å². The first kappa shape index (κ1) is 13.7. The summed E-state index contributed by atoms with van der Waals surface area (Å²) in [7, 11) is 3.19. The first-order valence-corrected chi connectivity index (χ1v) is 6.37. The van der Waals surface area contributed by atoms with E-state index in [9.17, 15) is 4.79 Å². The van der Waals surface area contributed by atoms with Crippen LogP contribution in [-0.4, -0.2) is 33.2 Å². The Labute approximate surface area is 113 Å². The Morgan fingerprint density at radius 3 is 2.47 bits per heavy atom. The Morgan fingerprint density at radius 2 is 1.95 bits per heavy atom. The van der Waals surface area contributed by atoms with Crippen LogP contribution in [0.2, 0.25) is 0 Å². The third-order valence-electron chi connectivity index (χ3n) is 3.85. The van der Waals surface area contributed by atoms with E-state index < -0.39 is 5.41 Å². The van der Waals surface area contributed by atoms with Gasteiger partial charge in [-0.3, -0.25) is 4.79 Å². The summed E-state index contributed by atoms with van der Waals surface area (Å²) in [6, 6.07) is 5.51. The van der Waals surface area contributed by atoms with Gasteiger partial charge in [0.25, 0.3) is 0 Å². The molecule has 1 heterocycles. The molecule has 1 aromatic rings. The number of methoxy groups -OCH3 is 2. The normalized spacial score (nSPS) is 17.8. The minimum Gasteiger partial charge on any atom is -0.497 e. The zero-order chi connectivity index (χ0) is 13.9. The molecule has 0 atom stereocenters. The molecular formula is C14H20N2O3. The number of rotatable bonds is 4. The SMILES string of the molecule is COc1ccc(C2(C(N)=O)CCNCC2)c(OC)c1. The summed E-state index contributed by atoms with van der Waals surface area (Å²) in [4.78, 5) is 12.0. The molecule has 1 fully saturated rings. The highest BCUT2D eigenvalue weighted by Crippen LogP contribution is 2.40. The molecule has 0 bridgehead atoms. The summed E-state index contributed by atoms with van der Waals surface area (Å²) in [5.41, 5.74) is 5.88. The number of primary amides is 1. The van der Waals surface area contributed by atoms with Gasteiger partial charge in [0.1, 0.15) is 11.5 Å². The van der Waals surface area contributed by atoms with Gasteiger partial charge in [-0.15, -0.1) is 0 Å². The van der Waals surface area contributed by atoms with Crippen LogP contribution in [0.25, 0.3) is 0 Å². The fourth-order valence-corrected chi connectivity index (χ4v) is 2.70. The van der Waals surface area contributed by atoms with Crippen LogP contribution in [0.5, 0.6) is 11.5 Å². The summed E-state index contributed by atoms with van der Waals surface area (Å²) in [5.74, 6) is 1.06. The molecule has 5 heteroatoms. The minimum absolute atomic E-state index is 0.294. The van der Waals surface area contributed by atoms with Crippen LogP contribution in [0.1, 0.15) is 18.4 Å². The van der Waals surface area contributed by atoms with Crippen molar-refractivity contribution in [3.05, 3.63) is 23.8 Å². The lowest BCUT2D eigenvalue weighted by Crippen LogP contribution is -2.49. The molecule has 1 aromatic carbocycles. The van der Waals surface area contributed by atoms with Crippen LogP contribution >= 0.6 is 0 Å². The van der Waals surface area contributed by atoms with E-state index in [0.29, 0.717) is 24.3 Å². The van der Waals surface area contributed by atoms with Gasteiger partial charge in [0.15, 0.2) is 0 Å². The predicted octanol–water partition coefficient (Wildman–Crippen LogP) is 0.810. The summed E-state index contributed by atoms with van der Waals surface area (Å²) in [6.45, 7) is 1.55. The third kappa shape index (κ3) is 2.38. The molecule has 1 aliphatic rings. The fraction of sp³-hybridized carbons (Fsp3) is 0.500. The summed E-state index contributed by atoms with van der Waals surface area (Å²) in [6.07, 6.45) is 1.37. The molecule has 1 amide bonds. The van der Waals surface area contributed by atoms with Gasteiger partial charge >= 0.3 is 0 Å². The maximum Gasteiger partial charge on any atom is 0.228 e. The van der Waals surface area contributed by atoms with Crippen LogP contribution in [0, 0.1) is 0 Å². The van der Waals surface area contributed by atoms with E-state index in [1.807, 2.05) is 12.1 Å². The Morgan fingerprint density at radius 1 is 1.26 bits per heavy atom. The Bertz CT molecular complexity index is 468. The average molecular weight is 264 g/mol. The zero-order valence-electron chi connectivity index (χ0n) is 11.4. The summed E-state index contributed by atoms with van der Waals surface area (Å²) < 4.78 is 10.6. The highest BCUT2D eigenvalue weighted by molar-refractivity contribution is 5.88. The summed E-state index contributed by atoms with van der Waals surface area (Å²) in [5, 5.41) is 3.25. The number of piperidine rings is 1. The highest BCUT2D eigenvalue weighted by Gasteiger charge is 2.41. The standard InChI is InChI=1S/C14H20N2O3/c1-18-10-3-4-11(12(9-10)19-2)14(13(15)17)5-7-16-8-6-14/h3-4,9,16H,5-8H2,1-2H3,(H2,15,17). The van der Waals surface area contributed by atoms with Crippen molar-refractivity contribution in [1.29, 1.82) is 0 Å². The van der Waals surface area contributed by atoms with Crippen LogP contribution in [0.4, 0.5) is 0 Å². The van der Waals surface area contributed by atoms with Crippen molar-refractivity contribution in [3.63, 3.8) is 0 Å². The number of hydrogen-bond acceptors (Lipinski definition) is 4. The van der Waals surface area contributed by atoms with Gasteiger partial charge in [0, 0.05) is 11.6 Å². The molecule has 104 valence electrons. The Kier molecular flexibility index (Phi) is 3.95. The Balaban J connectivity index is 2.50. The van der Waals surface area contributed by atoms with Crippen molar-refractivity contribution in [2.24, 2.45) is 5.73 Å². The highest BCUT2D eigenvalue weighted by atomic mass is 16.5. The lowest BCUT2D eigenvalue weighted by molar-refractivity contribution is -0.124. The number of nitrogens with two attached hydrogens (primary N) is 1. The van der Waals surface area contributed by atoms with Crippen molar-refractivity contribution in [2.45, 2.75) is 18.3 Å². The fourth-order valence-electron chi connectivity index (χ4n) is 2.70. The second-order valence-electron chi connectivity index (χ2n) is 4.76. The van der Waals surface area contributed by atoms with E-state index in [-0.39, 0.29) is 5.91 Å². The Hall–Kier alpha value is -1.75. The van der Waals surface area contributed by atoms with Gasteiger partial charge in [-0.25, -0.2) is 0 Å². The maximum atomic E-state index is 12.0. The van der Waals surface area contributed by atoms with E-state index in [1.54, 1.807) is 20.3 Å². The van der Waals surface area contributed by atoms with Crippen LogP contribution in [0.15, 0.2) is 18.2 Å². The first-order valence-electron chi connectivity index (χ1n) is 6.37. The lowest BCUT2D eigenvalue weighted by atomic mass is 9.72. The minimum atomic E-state index is -0.650. The molecule has 3 N–H and O–H groups in total. The van der Waals surface area contributed by atoms with Crippen molar-refractivity contribution >= 4 is 5.91 Å². The van der Waals surface area contributed by atoms with Gasteiger partial charge in [0.05, 0.1) is 19.6 Å². The molecule has 0 saturated carbocycles. The molecular weight excluding hydrogens is 244 g/mol. The number of amides is 1. The van der Waals surface area contributed by atoms with Gasteiger partial charge < -0.3 is 20.5 Å². The van der Waals surface area contributed by atoms with Crippen LogP contribution in [-0.2, 0) is 10.2 Å².